The van der Waals surface area contributed by atoms with Crippen LogP contribution in [0.15, 0.2) is 47.2 Å². The summed E-state index contributed by atoms with van der Waals surface area (Å²) in [6, 6.07) is 10.2. The van der Waals surface area contributed by atoms with Crippen molar-refractivity contribution >= 4 is 15.9 Å². The summed E-state index contributed by atoms with van der Waals surface area (Å²) in [6.45, 7) is 6.63. The predicted molar refractivity (Wildman–Crippen MR) is 89.7 cm³/mol. The lowest BCUT2D eigenvalue weighted by Gasteiger charge is -2.14. The summed E-state index contributed by atoms with van der Waals surface area (Å²) in [5, 5.41) is 3.36. The van der Waals surface area contributed by atoms with Gasteiger partial charge in [0, 0.05) is 30.0 Å². The Kier molecular flexibility index (Phi) is 6.21. The molecule has 0 aliphatic heterocycles. The van der Waals surface area contributed by atoms with Crippen molar-refractivity contribution < 1.29 is 4.74 Å². The highest BCUT2D eigenvalue weighted by atomic mass is 79.9. The van der Waals surface area contributed by atoms with E-state index in [1.807, 2.05) is 24.4 Å². The SMILES string of the molecule is CC(C)c1cc(Br)ccc1OCCNCc1cccnc1. The van der Waals surface area contributed by atoms with Crippen LogP contribution in [0.4, 0.5) is 0 Å². The first-order valence-corrected chi connectivity index (χ1v) is 7.98. The Bertz CT molecular complexity index is 558. The number of benzene rings is 1. The Morgan fingerprint density at radius 1 is 1.29 bits per heavy atom. The first kappa shape index (κ1) is 16.0. The Balaban J connectivity index is 1.78. The van der Waals surface area contributed by atoms with E-state index in [0.29, 0.717) is 12.5 Å². The number of hydrogen-bond acceptors (Lipinski definition) is 3. The molecule has 3 nitrogen and oxygen atoms in total. The average Bonchev–Trinajstić information content (AvgIpc) is 2.49. The molecule has 0 aliphatic carbocycles. The number of aromatic nitrogens is 1. The molecular formula is C17H21BrN2O. The van der Waals surface area contributed by atoms with Crippen molar-refractivity contribution in [3.05, 3.63) is 58.3 Å². The molecule has 1 N–H and O–H groups in total. The Morgan fingerprint density at radius 2 is 2.14 bits per heavy atom. The number of nitrogens with one attached hydrogen (secondary N) is 1. The summed E-state index contributed by atoms with van der Waals surface area (Å²) in [4.78, 5) is 4.09. The quantitative estimate of drug-likeness (QED) is 0.763. The molecule has 0 spiro atoms. The van der Waals surface area contributed by atoms with Gasteiger partial charge in [0.15, 0.2) is 0 Å². The smallest absolute Gasteiger partial charge is 0.122 e. The van der Waals surface area contributed by atoms with Crippen LogP contribution < -0.4 is 10.1 Å². The van der Waals surface area contributed by atoms with Gasteiger partial charge in [0.05, 0.1) is 0 Å². The van der Waals surface area contributed by atoms with Crippen molar-refractivity contribution in [3.63, 3.8) is 0 Å². The maximum absolute atomic E-state index is 5.89. The summed E-state index contributed by atoms with van der Waals surface area (Å²) in [7, 11) is 0. The number of ether oxygens (including phenoxy) is 1. The minimum Gasteiger partial charge on any atom is -0.492 e. The van der Waals surface area contributed by atoms with Crippen LogP contribution in [0.2, 0.25) is 0 Å². The molecule has 1 aromatic heterocycles. The van der Waals surface area contributed by atoms with Gasteiger partial charge < -0.3 is 10.1 Å². The number of halogens is 1. The molecular weight excluding hydrogens is 328 g/mol. The number of hydrogen-bond donors (Lipinski definition) is 1. The predicted octanol–water partition coefficient (Wildman–Crippen LogP) is 4.14. The van der Waals surface area contributed by atoms with Gasteiger partial charge in [0.1, 0.15) is 12.4 Å². The molecule has 0 radical (unpaired) electrons. The van der Waals surface area contributed by atoms with Crippen molar-refractivity contribution in [3.8, 4) is 5.75 Å². The number of pyridine rings is 1. The van der Waals surface area contributed by atoms with Crippen LogP contribution >= 0.6 is 15.9 Å². The normalized spacial score (nSPS) is 10.9. The van der Waals surface area contributed by atoms with Crippen LogP contribution in [-0.2, 0) is 6.54 Å². The van der Waals surface area contributed by atoms with E-state index in [0.717, 1.165) is 23.3 Å². The third-order valence-corrected chi connectivity index (χ3v) is 3.68. The van der Waals surface area contributed by atoms with Gasteiger partial charge in [-0.25, -0.2) is 0 Å². The first-order valence-electron chi connectivity index (χ1n) is 7.18. The van der Waals surface area contributed by atoms with E-state index in [2.05, 4.69) is 52.2 Å². The van der Waals surface area contributed by atoms with Gasteiger partial charge in [-0.3, -0.25) is 4.98 Å². The van der Waals surface area contributed by atoms with Crippen molar-refractivity contribution in [1.82, 2.24) is 10.3 Å². The molecule has 0 saturated carbocycles. The van der Waals surface area contributed by atoms with Crippen LogP contribution in [-0.4, -0.2) is 18.1 Å². The summed E-state index contributed by atoms with van der Waals surface area (Å²) < 4.78 is 6.98. The fourth-order valence-corrected chi connectivity index (χ4v) is 2.45. The van der Waals surface area contributed by atoms with E-state index < -0.39 is 0 Å². The zero-order valence-electron chi connectivity index (χ0n) is 12.5. The van der Waals surface area contributed by atoms with Gasteiger partial charge in [0.2, 0.25) is 0 Å². The summed E-state index contributed by atoms with van der Waals surface area (Å²) in [5.74, 6) is 1.41. The molecule has 2 aromatic rings. The van der Waals surface area contributed by atoms with E-state index in [-0.39, 0.29) is 0 Å². The Morgan fingerprint density at radius 3 is 2.86 bits per heavy atom. The molecule has 0 fully saturated rings. The molecule has 0 aliphatic rings. The van der Waals surface area contributed by atoms with E-state index in [9.17, 15) is 0 Å². The van der Waals surface area contributed by atoms with Gasteiger partial charge in [-0.2, -0.15) is 0 Å². The highest BCUT2D eigenvalue weighted by Crippen LogP contribution is 2.29. The first-order chi connectivity index (χ1) is 10.2. The van der Waals surface area contributed by atoms with Crippen molar-refractivity contribution in [2.24, 2.45) is 0 Å². The fraction of sp³-hybridized carbons (Fsp3) is 0.353. The minimum atomic E-state index is 0.445. The van der Waals surface area contributed by atoms with Gasteiger partial charge in [-0.15, -0.1) is 0 Å². The van der Waals surface area contributed by atoms with Gasteiger partial charge in [-0.05, 0) is 41.3 Å². The van der Waals surface area contributed by atoms with Gasteiger partial charge in [-0.1, -0.05) is 35.8 Å². The van der Waals surface area contributed by atoms with Gasteiger partial charge >= 0.3 is 0 Å². The molecule has 0 bridgehead atoms. The highest BCUT2D eigenvalue weighted by molar-refractivity contribution is 9.10. The van der Waals surface area contributed by atoms with E-state index in [4.69, 9.17) is 4.74 Å². The number of nitrogens with zero attached hydrogens (tertiary/aromatic N) is 1. The lowest BCUT2D eigenvalue weighted by Crippen LogP contribution is -2.21. The lowest BCUT2D eigenvalue weighted by molar-refractivity contribution is 0.309. The number of rotatable bonds is 7. The Hall–Kier alpha value is -1.39. The van der Waals surface area contributed by atoms with Crippen LogP contribution in [0.25, 0.3) is 0 Å². The zero-order chi connectivity index (χ0) is 15.1. The lowest BCUT2D eigenvalue weighted by atomic mass is 10.0. The van der Waals surface area contributed by atoms with Crippen molar-refractivity contribution in [2.45, 2.75) is 26.3 Å². The molecule has 112 valence electrons. The second-order valence-corrected chi connectivity index (χ2v) is 6.14. The molecule has 21 heavy (non-hydrogen) atoms. The van der Waals surface area contributed by atoms with E-state index >= 15 is 0 Å². The van der Waals surface area contributed by atoms with Crippen LogP contribution in [0, 0.1) is 0 Å². The maximum atomic E-state index is 5.89. The second kappa shape index (κ2) is 8.15. The van der Waals surface area contributed by atoms with E-state index in [1.165, 1.54) is 11.1 Å². The molecule has 0 atom stereocenters. The molecule has 0 saturated heterocycles. The second-order valence-electron chi connectivity index (χ2n) is 5.22. The monoisotopic (exact) mass is 348 g/mol. The molecule has 2 rings (SSSR count). The largest absolute Gasteiger partial charge is 0.492 e. The highest BCUT2D eigenvalue weighted by Gasteiger charge is 2.08. The third kappa shape index (κ3) is 5.14. The topological polar surface area (TPSA) is 34.1 Å². The van der Waals surface area contributed by atoms with Crippen LogP contribution in [0.5, 0.6) is 5.75 Å². The average molecular weight is 349 g/mol. The zero-order valence-corrected chi connectivity index (χ0v) is 14.1. The minimum absolute atomic E-state index is 0.445. The van der Waals surface area contributed by atoms with E-state index in [1.54, 1.807) is 6.20 Å². The molecule has 0 amide bonds. The standard InChI is InChI=1S/C17H21BrN2O/c1-13(2)16-10-15(18)5-6-17(16)21-9-8-20-12-14-4-3-7-19-11-14/h3-7,10-11,13,20H,8-9,12H2,1-2H3. The third-order valence-electron chi connectivity index (χ3n) is 3.18. The Labute approximate surface area is 134 Å². The molecule has 1 heterocycles. The molecule has 4 heteroatoms. The van der Waals surface area contributed by atoms with Crippen molar-refractivity contribution in [2.75, 3.05) is 13.2 Å². The summed E-state index contributed by atoms with van der Waals surface area (Å²) >= 11 is 3.51. The maximum Gasteiger partial charge on any atom is 0.122 e. The van der Waals surface area contributed by atoms with Crippen LogP contribution in [0.1, 0.15) is 30.9 Å². The molecule has 1 aromatic carbocycles. The summed E-state index contributed by atoms with van der Waals surface area (Å²) in [5.41, 5.74) is 2.42. The summed E-state index contributed by atoms with van der Waals surface area (Å²) in [6.07, 6.45) is 3.66. The van der Waals surface area contributed by atoms with Crippen LogP contribution in [0.3, 0.4) is 0 Å². The fourth-order valence-electron chi connectivity index (χ4n) is 2.07. The molecule has 0 unspecified atom stereocenters. The van der Waals surface area contributed by atoms with Crippen molar-refractivity contribution in [1.29, 1.82) is 0 Å². The van der Waals surface area contributed by atoms with Gasteiger partial charge in [0.25, 0.3) is 0 Å².